The molecule has 0 spiro atoms. The van der Waals surface area contributed by atoms with E-state index in [9.17, 15) is 10.2 Å². The van der Waals surface area contributed by atoms with Crippen LogP contribution in [-0.4, -0.2) is 40.2 Å². The van der Waals surface area contributed by atoms with Gasteiger partial charge in [-0.2, -0.15) is 0 Å². The van der Waals surface area contributed by atoms with Crippen molar-refractivity contribution in [2.45, 2.75) is 99.3 Å². The van der Waals surface area contributed by atoms with Gasteiger partial charge in [-0.15, -0.1) is 30.0 Å². The zero-order valence-electron chi connectivity index (χ0n) is 30.6. The first kappa shape index (κ1) is 34.2. The van der Waals surface area contributed by atoms with Crippen LogP contribution >= 0.6 is 0 Å². The van der Waals surface area contributed by atoms with Crippen molar-refractivity contribution in [3.8, 4) is 22.9 Å². The van der Waals surface area contributed by atoms with Gasteiger partial charge < -0.3 is 10.2 Å². The Hall–Kier alpha value is -4.72. The minimum absolute atomic E-state index is 0.0944. The zero-order valence-corrected chi connectivity index (χ0v) is 30.6. The molecule has 2 aromatic heterocycles. The van der Waals surface area contributed by atoms with Gasteiger partial charge in [-0.3, -0.25) is 0 Å². The molecule has 0 aliphatic heterocycles. The number of aromatic hydroxyl groups is 2. The quantitative estimate of drug-likeness (QED) is 0.169. The number of hydrogen-bond donors (Lipinski definition) is 2. The molecule has 2 heterocycles. The topological polar surface area (TPSA) is 102 Å². The first-order valence-corrected chi connectivity index (χ1v) is 17.2. The Morgan fingerprint density at radius 2 is 0.878 bits per heavy atom. The molecule has 0 radical (unpaired) electrons. The van der Waals surface area contributed by atoms with Gasteiger partial charge in [0.2, 0.25) is 0 Å². The van der Waals surface area contributed by atoms with Gasteiger partial charge in [-0.1, -0.05) is 106 Å². The molecule has 49 heavy (non-hydrogen) atoms. The van der Waals surface area contributed by atoms with Gasteiger partial charge in [0, 0.05) is 0 Å². The average molecular weight is 659 g/mol. The molecule has 0 saturated carbocycles. The van der Waals surface area contributed by atoms with Crippen molar-refractivity contribution in [2.75, 3.05) is 0 Å². The van der Waals surface area contributed by atoms with Crippen molar-refractivity contribution in [1.82, 2.24) is 30.0 Å². The second-order valence-corrected chi connectivity index (χ2v) is 17.4. The third-order valence-electron chi connectivity index (χ3n) is 9.10. The van der Waals surface area contributed by atoms with Crippen LogP contribution in [0.2, 0.25) is 0 Å². The van der Waals surface area contributed by atoms with E-state index in [0.717, 1.165) is 57.2 Å². The largest absolute Gasteiger partial charge is 0.506 e. The lowest BCUT2D eigenvalue weighted by Gasteiger charge is -2.33. The number of hydrogen-bond acceptors (Lipinski definition) is 6. The highest BCUT2D eigenvalue weighted by atomic mass is 16.3. The third kappa shape index (κ3) is 7.19. The first-order valence-electron chi connectivity index (χ1n) is 17.2. The number of nitrogens with zero attached hydrogens (tertiary/aromatic N) is 6. The Balaban J connectivity index is 1.52. The monoisotopic (exact) mass is 658 g/mol. The van der Waals surface area contributed by atoms with E-state index in [1.165, 1.54) is 0 Å². The van der Waals surface area contributed by atoms with Crippen LogP contribution in [0, 0.1) is 10.8 Å². The van der Waals surface area contributed by atoms with Crippen molar-refractivity contribution in [2.24, 2.45) is 10.8 Å². The Bertz CT molecular complexity index is 2000. The SMILES string of the molecule is CC(C)(C)CC(C)(C)c1cc(Cc2cc(C(C)(C)CC(C)(C)C)c3nn(-c4ccccc4O)nc3c2)cc2nn(-c3ccccc3O)nc12. The summed E-state index contributed by atoms with van der Waals surface area (Å²) in [5, 5.41) is 41.0. The van der Waals surface area contributed by atoms with Gasteiger partial charge in [0.05, 0.1) is 0 Å². The molecule has 6 rings (SSSR count). The second-order valence-electron chi connectivity index (χ2n) is 17.4. The van der Waals surface area contributed by atoms with E-state index in [1.807, 2.05) is 24.3 Å². The van der Waals surface area contributed by atoms with Crippen LogP contribution in [0.3, 0.4) is 0 Å². The molecular formula is C41H50N6O2. The van der Waals surface area contributed by atoms with Gasteiger partial charge >= 0.3 is 0 Å². The number of para-hydroxylation sites is 4. The summed E-state index contributed by atoms with van der Waals surface area (Å²) >= 11 is 0. The highest BCUT2D eigenvalue weighted by molar-refractivity contribution is 5.82. The van der Waals surface area contributed by atoms with Crippen LogP contribution in [0.5, 0.6) is 11.5 Å². The zero-order chi connectivity index (χ0) is 35.5. The summed E-state index contributed by atoms with van der Waals surface area (Å²) in [6.45, 7) is 22.8. The second kappa shape index (κ2) is 12.0. The molecule has 0 atom stereocenters. The predicted molar refractivity (Wildman–Crippen MR) is 198 cm³/mol. The summed E-state index contributed by atoms with van der Waals surface area (Å²) in [5.41, 5.74) is 8.67. The van der Waals surface area contributed by atoms with Crippen molar-refractivity contribution >= 4 is 22.1 Å². The van der Waals surface area contributed by atoms with Gasteiger partial charge in [-0.25, -0.2) is 0 Å². The maximum atomic E-state index is 10.6. The number of benzene rings is 4. The van der Waals surface area contributed by atoms with Crippen LogP contribution in [-0.2, 0) is 17.3 Å². The van der Waals surface area contributed by atoms with Crippen LogP contribution < -0.4 is 0 Å². The molecule has 4 aromatic carbocycles. The van der Waals surface area contributed by atoms with E-state index in [-0.39, 0.29) is 33.2 Å². The Labute approximate surface area is 289 Å². The highest BCUT2D eigenvalue weighted by Crippen LogP contribution is 2.42. The van der Waals surface area contributed by atoms with Gasteiger partial charge in [0.15, 0.2) is 0 Å². The molecule has 0 aliphatic rings. The first-order chi connectivity index (χ1) is 22.8. The summed E-state index contributed by atoms with van der Waals surface area (Å²) in [6.07, 6.45) is 2.57. The van der Waals surface area contributed by atoms with E-state index in [1.54, 1.807) is 33.9 Å². The normalized spacial score (nSPS) is 13.1. The van der Waals surface area contributed by atoms with E-state index < -0.39 is 0 Å². The van der Waals surface area contributed by atoms with Gasteiger partial charge in [0.25, 0.3) is 0 Å². The third-order valence-corrected chi connectivity index (χ3v) is 9.10. The molecule has 2 N–H and O–H groups in total. The molecule has 0 amide bonds. The summed E-state index contributed by atoms with van der Waals surface area (Å²) < 4.78 is 0. The summed E-state index contributed by atoms with van der Waals surface area (Å²) in [5.74, 6) is 0.267. The molecule has 8 nitrogen and oxygen atoms in total. The average Bonchev–Trinajstić information content (AvgIpc) is 3.58. The molecule has 0 aliphatic carbocycles. The fraction of sp³-hybridized carbons (Fsp3) is 0.415. The van der Waals surface area contributed by atoms with Crippen molar-refractivity contribution in [3.05, 3.63) is 95.1 Å². The fourth-order valence-electron chi connectivity index (χ4n) is 7.95. The smallest absolute Gasteiger partial charge is 0.143 e. The molecule has 0 bridgehead atoms. The molecular weight excluding hydrogens is 608 g/mol. The number of fused-ring (bicyclic) bond motifs is 2. The maximum absolute atomic E-state index is 10.6. The predicted octanol–water partition coefficient (Wildman–Crippen LogP) is 9.58. The summed E-state index contributed by atoms with van der Waals surface area (Å²) in [6, 6.07) is 23.2. The Morgan fingerprint density at radius 1 is 0.510 bits per heavy atom. The summed E-state index contributed by atoms with van der Waals surface area (Å²) in [4.78, 5) is 3.11. The number of phenolic OH excluding ortho intramolecular Hbond substituents is 2. The minimum Gasteiger partial charge on any atom is -0.506 e. The van der Waals surface area contributed by atoms with E-state index in [2.05, 4.69) is 93.5 Å². The van der Waals surface area contributed by atoms with Crippen LogP contribution in [0.4, 0.5) is 0 Å². The molecule has 8 heteroatoms. The Morgan fingerprint density at radius 3 is 1.22 bits per heavy atom. The lowest BCUT2D eigenvalue weighted by molar-refractivity contribution is 0.284. The molecule has 6 aromatic rings. The number of phenols is 2. The maximum Gasteiger partial charge on any atom is 0.143 e. The Kier molecular flexibility index (Phi) is 8.37. The van der Waals surface area contributed by atoms with Crippen LogP contribution in [0.25, 0.3) is 33.4 Å². The van der Waals surface area contributed by atoms with Crippen molar-refractivity contribution < 1.29 is 10.2 Å². The lowest BCUT2D eigenvalue weighted by atomic mass is 9.71. The number of rotatable bonds is 8. The highest BCUT2D eigenvalue weighted by Gasteiger charge is 2.33. The lowest BCUT2D eigenvalue weighted by Crippen LogP contribution is -2.25. The molecule has 256 valence electrons. The molecule has 0 fully saturated rings. The standard InChI is InChI=1S/C41H50N6O2/c1-38(2,3)24-40(7,8)28-20-26(22-30-36(28)44-46(42-30)32-15-11-13-17-34(32)48)19-27-21-29(41(9,10)25-39(4,5)6)37-31(23-27)43-47(45-37)33-16-12-14-18-35(33)49/h11-18,20-23,48-49H,19,24-25H2,1-10H3. The summed E-state index contributed by atoms with van der Waals surface area (Å²) in [7, 11) is 0. The van der Waals surface area contributed by atoms with Crippen molar-refractivity contribution in [1.29, 1.82) is 0 Å². The fourth-order valence-corrected chi connectivity index (χ4v) is 7.95. The van der Waals surface area contributed by atoms with Crippen LogP contribution in [0.15, 0.2) is 72.8 Å². The van der Waals surface area contributed by atoms with Crippen molar-refractivity contribution in [3.63, 3.8) is 0 Å². The van der Waals surface area contributed by atoms with E-state index >= 15 is 0 Å². The van der Waals surface area contributed by atoms with Crippen LogP contribution in [0.1, 0.15) is 104 Å². The minimum atomic E-state index is -0.198. The van der Waals surface area contributed by atoms with Gasteiger partial charge in [-0.05, 0) is 99.6 Å². The molecule has 0 saturated heterocycles. The number of aromatic nitrogens is 6. The van der Waals surface area contributed by atoms with E-state index in [0.29, 0.717) is 17.8 Å². The van der Waals surface area contributed by atoms with Gasteiger partial charge in [0.1, 0.15) is 44.9 Å². The molecule has 0 unspecified atom stereocenters. The van der Waals surface area contributed by atoms with E-state index in [4.69, 9.17) is 20.4 Å².